The number of aromatic nitrogens is 3. The maximum absolute atomic E-state index is 15.3. The molecule has 2 fully saturated rings. The molecule has 0 aliphatic carbocycles. The lowest BCUT2D eigenvalue weighted by Crippen LogP contribution is -2.54. The van der Waals surface area contributed by atoms with Crippen molar-refractivity contribution in [1.29, 1.82) is 0 Å². The van der Waals surface area contributed by atoms with E-state index in [0.717, 1.165) is 46.1 Å². The first-order valence-corrected chi connectivity index (χ1v) is 18.6. The molecule has 0 saturated carbocycles. The van der Waals surface area contributed by atoms with Gasteiger partial charge in [-0.05, 0) is 84.6 Å². The molecule has 8 rings (SSSR count). The second-order valence-electron chi connectivity index (χ2n) is 14.3. The van der Waals surface area contributed by atoms with Crippen LogP contribution in [0.25, 0.3) is 11.3 Å². The van der Waals surface area contributed by atoms with Crippen LogP contribution in [0.2, 0.25) is 0 Å². The van der Waals surface area contributed by atoms with Crippen molar-refractivity contribution in [3.8, 4) is 11.3 Å². The lowest BCUT2D eigenvalue weighted by atomic mass is 10.0. The Morgan fingerprint density at radius 2 is 1.63 bits per heavy atom. The number of fused-ring (bicyclic) bond motifs is 1. The molecule has 288 valence electrons. The van der Waals surface area contributed by atoms with E-state index < -0.39 is 35.5 Å². The number of piperazine rings is 1. The van der Waals surface area contributed by atoms with Crippen molar-refractivity contribution in [2.45, 2.75) is 38.9 Å². The number of carbonyl (C=O) groups excluding carboxylic acids is 5. The molecule has 15 heteroatoms. The molecule has 0 bridgehead atoms. The summed E-state index contributed by atoms with van der Waals surface area (Å²) < 4.78 is 15.3. The number of nitrogens with zero attached hydrogens (tertiary/aromatic N) is 6. The Morgan fingerprint density at radius 3 is 2.35 bits per heavy atom. The predicted molar refractivity (Wildman–Crippen MR) is 208 cm³/mol. The molecule has 5 aromatic rings. The topological polar surface area (TPSA) is 170 Å². The van der Waals surface area contributed by atoms with Gasteiger partial charge in [0.05, 0.1) is 16.8 Å². The first-order chi connectivity index (χ1) is 27.6. The highest BCUT2D eigenvalue weighted by Gasteiger charge is 2.46. The highest BCUT2D eigenvalue weighted by molar-refractivity contribution is 6.23. The first kappa shape index (κ1) is 37.2. The summed E-state index contributed by atoms with van der Waals surface area (Å²) in [5, 5.41) is 8.40. The van der Waals surface area contributed by atoms with Gasteiger partial charge in [0.15, 0.2) is 0 Å². The van der Waals surface area contributed by atoms with Crippen LogP contribution < -0.4 is 16.0 Å². The molecule has 5 heterocycles. The minimum absolute atomic E-state index is 0.00385. The number of pyridine rings is 1. The van der Waals surface area contributed by atoms with Crippen LogP contribution in [0.1, 0.15) is 60.6 Å². The number of halogens is 1. The third-order valence-corrected chi connectivity index (χ3v) is 10.4. The van der Waals surface area contributed by atoms with Gasteiger partial charge in [-0.2, -0.15) is 0 Å². The predicted octanol–water partition coefficient (Wildman–Crippen LogP) is 4.70. The quantitative estimate of drug-likeness (QED) is 0.169. The summed E-state index contributed by atoms with van der Waals surface area (Å²) >= 11 is 0. The SMILES string of the molecule is Cc1ccc(NC(=O)c2ccc(CN3CCN(Cc4cc(F)c5c(c4)C(=O)N(C4CCC(=O)NC4=O)C5=O)CC3)cc2)cc1Nc1nccc(-c2cccnc2)n1. The van der Waals surface area contributed by atoms with Gasteiger partial charge in [0, 0.05) is 86.8 Å². The van der Waals surface area contributed by atoms with Crippen molar-refractivity contribution in [3.63, 3.8) is 0 Å². The van der Waals surface area contributed by atoms with Crippen molar-refractivity contribution in [2.75, 3.05) is 36.8 Å². The Labute approximate surface area is 327 Å². The maximum atomic E-state index is 15.3. The van der Waals surface area contributed by atoms with Crippen LogP contribution in [0, 0.1) is 12.7 Å². The number of aryl methyl sites for hydroxylation is 1. The molecule has 0 spiro atoms. The number of amides is 5. The lowest BCUT2D eigenvalue weighted by molar-refractivity contribution is -0.136. The number of piperidine rings is 1. The molecular weight excluding hydrogens is 730 g/mol. The van der Waals surface area contributed by atoms with Crippen molar-refractivity contribution in [1.82, 2.24) is 35.0 Å². The summed E-state index contributed by atoms with van der Waals surface area (Å²) in [4.78, 5) is 81.8. The third-order valence-electron chi connectivity index (χ3n) is 10.4. The zero-order valence-electron chi connectivity index (χ0n) is 31.0. The molecule has 0 radical (unpaired) electrons. The van der Waals surface area contributed by atoms with Gasteiger partial charge in [-0.1, -0.05) is 18.2 Å². The van der Waals surface area contributed by atoms with Crippen molar-refractivity contribution in [3.05, 3.63) is 131 Å². The fourth-order valence-electron chi connectivity index (χ4n) is 7.33. The molecule has 3 aromatic carbocycles. The number of imide groups is 2. The van der Waals surface area contributed by atoms with Crippen LogP contribution in [0.15, 0.2) is 91.4 Å². The van der Waals surface area contributed by atoms with Crippen LogP contribution in [0.3, 0.4) is 0 Å². The molecule has 2 aromatic heterocycles. The van der Waals surface area contributed by atoms with E-state index >= 15 is 4.39 Å². The largest absolute Gasteiger partial charge is 0.324 e. The molecule has 3 N–H and O–H groups in total. The average molecular weight is 768 g/mol. The highest BCUT2D eigenvalue weighted by Crippen LogP contribution is 2.31. The van der Waals surface area contributed by atoms with Crippen LogP contribution >= 0.6 is 0 Å². The maximum Gasteiger partial charge on any atom is 0.265 e. The summed E-state index contributed by atoms with van der Waals surface area (Å²) in [6.45, 7) is 5.92. The van der Waals surface area contributed by atoms with Gasteiger partial charge in [-0.15, -0.1) is 0 Å². The Morgan fingerprint density at radius 1 is 0.877 bits per heavy atom. The second-order valence-corrected chi connectivity index (χ2v) is 14.3. The molecular formula is C42H38FN9O5. The van der Waals surface area contributed by atoms with Crippen molar-refractivity contribution < 1.29 is 28.4 Å². The van der Waals surface area contributed by atoms with E-state index in [4.69, 9.17) is 0 Å². The van der Waals surface area contributed by atoms with Gasteiger partial charge < -0.3 is 10.6 Å². The highest BCUT2D eigenvalue weighted by atomic mass is 19.1. The van der Waals surface area contributed by atoms with Crippen molar-refractivity contribution >= 4 is 46.9 Å². The normalized spacial score (nSPS) is 17.4. The number of hydrogen-bond donors (Lipinski definition) is 3. The fraction of sp³-hybridized carbons (Fsp3) is 0.238. The molecule has 2 saturated heterocycles. The van der Waals surface area contributed by atoms with E-state index in [1.54, 1.807) is 18.6 Å². The number of nitrogens with one attached hydrogen (secondary N) is 3. The van der Waals surface area contributed by atoms with Gasteiger partial charge in [-0.25, -0.2) is 14.4 Å². The van der Waals surface area contributed by atoms with Crippen LogP contribution in [-0.4, -0.2) is 91.4 Å². The smallest absolute Gasteiger partial charge is 0.265 e. The number of hydrogen-bond acceptors (Lipinski definition) is 11. The van der Waals surface area contributed by atoms with E-state index in [1.807, 2.05) is 67.6 Å². The standard InChI is InChI=1S/C42H38FN9O5/c1-25-4-9-30(21-34(25)48-42-45-14-12-33(47-42)29-3-2-13-44-22-29)46-38(54)28-7-5-26(6-8-28)23-50-15-17-51(18-16-50)24-27-19-31-37(32(43)20-27)41(57)52(40(31)56)35-10-11-36(53)49-39(35)55/h2-9,12-14,19-22,35H,10-11,15-18,23-24H2,1H3,(H,46,54)(H,45,47,48)(H,49,53,55). The zero-order chi connectivity index (χ0) is 39.6. The van der Waals surface area contributed by atoms with Crippen LogP contribution in [0.5, 0.6) is 0 Å². The molecule has 1 atom stereocenters. The molecule has 5 amide bonds. The van der Waals surface area contributed by atoms with E-state index in [-0.39, 0.29) is 29.9 Å². The van der Waals surface area contributed by atoms with Crippen molar-refractivity contribution in [2.24, 2.45) is 0 Å². The molecule has 3 aliphatic rings. The summed E-state index contributed by atoms with van der Waals surface area (Å²) in [5.74, 6) is -3.42. The van der Waals surface area contributed by atoms with Gasteiger partial charge in [0.1, 0.15) is 11.9 Å². The van der Waals surface area contributed by atoms with Crippen LogP contribution in [0.4, 0.5) is 21.7 Å². The summed E-state index contributed by atoms with van der Waals surface area (Å²) in [7, 11) is 0. The van der Waals surface area contributed by atoms with Gasteiger partial charge >= 0.3 is 0 Å². The van der Waals surface area contributed by atoms with E-state index in [0.29, 0.717) is 48.9 Å². The molecule has 57 heavy (non-hydrogen) atoms. The van der Waals surface area contributed by atoms with Crippen LogP contribution in [-0.2, 0) is 22.7 Å². The summed E-state index contributed by atoms with van der Waals surface area (Å²) in [5.41, 5.74) is 5.68. The Kier molecular flexibility index (Phi) is 10.3. The first-order valence-electron chi connectivity index (χ1n) is 18.6. The molecule has 3 aliphatic heterocycles. The molecule has 14 nitrogen and oxygen atoms in total. The minimum Gasteiger partial charge on any atom is -0.324 e. The van der Waals surface area contributed by atoms with Gasteiger partial charge in [0.2, 0.25) is 17.8 Å². The number of carbonyl (C=O) groups is 5. The third kappa shape index (κ3) is 8.01. The van der Waals surface area contributed by atoms with E-state index in [2.05, 4.69) is 40.7 Å². The molecule has 1 unspecified atom stereocenters. The number of anilines is 3. The Hall–Kier alpha value is -6.71. The zero-order valence-corrected chi connectivity index (χ0v) is 31.0. The average Bonchev–Trinajstić information content (AvgIpc) is 3.46. The summed E-state index contributed by atoms with van der Waals surface area (Å²) in [6.07, 6.45) is 5.12. The Bertz CT molecular complexity index is 2400. The van der Waals surface area contributed by atoms with E-state index in [1.165, 1.54) is 12.1 Å². The minimum atomic E-state index is -1.15. The van der Waals surface area contributed by atoms with E-state index in [9.17, 15) is 24.0 Å². The fourth-order valence-corrected chi connectivity index (χ4v) is 7.33. The number of rotatable bonds is 10. The second kappa shape index (κ2) is 15.8. The van der Waals surface area contributed by atoms with Gasteiger partial charge in [0.25, 0.3) is 17.7 Å². The van der Waals surface area contributed by atoms with Gasteiger partial charge in [-0.3, -0.25) is 49.0 Å². The monoisotopic (exact) mass is 767 g/mol. The summed E-state index contributed by atoms with van der Waals surface area (Å²) in [6, 6.07) is 20.4. The number of benzene rings is 3. The lowest BCUT2D eigenvalue weighted by Gasteiger charge is -2.34. The Balaban J connectivity index is 0.833.